The molecule has 0 saturated carbocycles. The van der Waals surface area contributed by atoms with Gasteiger partial charge in [-0.1, -0.05) is 0 Å². The molecule has 0 radical (unpaired) electrons. The average molecular weight is 278 g/mol. The smallest absolute Gasteiger partial charge is 0.251 e. The topological polar surface area (TPSA) is 44.9 Å². The lowest BCUT2D eigenvalue weighted by atomic mass is 10.1. The number of nitrogens with one attached hydrogen (secondary N) is 2. The summed E-state index contributed by atoms with van der Waals surface area (Å²) >= 11 is 0. The van der Waals surface area contributed by atoms with Crippen LogP contribution in [0.1, 0.15) is 27.3 Å². The summed E-state index contributed by atoms with van der Waals surface area (Å²) in [4.78, 5) is 15.0. The van der Waals surface area contributed by atoms with Gasteiger partial charge in [0.05, 0.1) is 0 Å². The number of rotatable bonds is 4. The number of benzene rings is 1. The van der Waals surface area contributed by atoms with E-state index in [1.54, 1.807) is 0 Å². The number of halogens is 2. The summed E-state index contributed by atoms with van der Waals surface area (Å²) in [6.45, 7) is 4.38. The van der Waals surface area contributed by atoms with Crippen LogP contribution in [-0.2, 0) is 6.42 Å². The van der Waals surface area contributed by atoms with Crippen molar-refractivity contribution in [1.82, 2.24) is 10.3 Å². The Balaban J connectivity index is 1.92. The van der Waals surface area contributed by atoms with Crippen molar-refractivity contribution in [1.29, 1.82) is 0 Å². The first-order valence-electron chi connectivity index (χ1n) is 6.35. The standard InChI is InChI=1S/C15H16F2N2O/c1-9-7-11(10(2)19-9)5-6-18-15(20)12-3-4-13(16)14(17)8-12/h3-4,7-8,19H,5-6H2,1-2H3,(H,18,20). The Labute approximate surface area is 116 Å². The molecule has 106 valence electrons. The molecule has 0 spiro atoms. The molecule has 3 nitrogen and oxygen atoms in total. The number of hydrogen-bond donors (Lipinski definition) is 2. The van der Waals surface area contributed by atoms with Gasteiger partial charge in [0, 0.05) is 23.5 Å². The van der Waals surface area contributed by atoms with Gasteiger partial charge in [-0.3, -0.25) is 4.79 Å². The van der Waals surface area contributed by atoms with Gasteiger partial charge in [-0.05, 0) is 50.1 Å². The lowest BCUT2D eigenvalue weighted by molar-refractivity contribution is 0.0953. The van der Waals surface area contributed by atoms with E-state index in [0.29, 0.717) is 13.0 Å². The van der Waals surface area contributed by atoms with E-state index in [9.17, 15) is 13.6 Å². The van der Waals surface area contributed by atoms with Crippen LogP contribution in [-0.4, -0.2) is 17.4 Å². The molecule has 1 amide bonds. The Kier molecular flexibility index (Phi) is 4.17. The summed E-state index contributed by atoms with van der Waals surface area (Å²) in [5.74, 6) is -2.39. The minimum Gasteiger partial charge on any atom is -0.362 e. The number of carbonyl (C=O) groups is 1. The van der Waals surface area contributed by atoms with Crippen molar-refractivity contribution >= 4 is 5.91 Å². The van der Waals surface area contributed by atoms with Gasteiger partial charge >= 0.3 is 0 Å². The molecule has 0 unspecified atom stereocenters. The Bertz CT molecular complexity index is 635. The third-order valence-electron chi connectivity index (χ3n) is 3.12. The lowest BCUT2D eigenvalue weighted by Gasteiger charge is -2.05. The van der Waals surface area contributed by atoms with Gasteiger partial charge in [0.15, 0.2) is 11.6 Å². The van der Waals surface area contributed by atoms with Crippen molar-refractivity contribution in [3.05, 3.63) is 58.4 Å². The van der Waals surface area contributed by atoms with Crippen LogP contribution in [0.2, 0.25) is 0 Å². The van der Waals surface area contributed by atoms with Gasteiger partial charge in [0.1, 0.15) is 0 Å². The zero-order valence-corrected chi connectivity index (χ0v) is 11.4. The molecular weight excluding hydrogens is 262 g/mol. The molecule has 0 aliphatic rings. The minimum absolute atomic E-state index is 0.117. The Morgan fingerprint density at radius 1 is 1.20 bits per heavy atom. The quantitative estimate of drug-likeness (QED) is 0.887. The molecule has 0 fully saturated rings. The van der Waals surface area contributed by atoms with Crippen LogP contribution in [0.5, 0.6) is 0 Å². The van der Waals surface area contributed by atoms with Gasteiger partial charge < -0.3 is 10.3 Å². The van der Waals surface area contributed by atoms with Gasteiger partial charge in [-0.2, -0.15) is 0 Å². The van der Waals surface area contributed by atoms with Crippen LogP contribution >= 0.6 is 0 Å². The SMILES string of the molecule is Cc1cc(CCNC(=O)c2ccc(F)c(F)c2)c(C)[nH]1. The molecule has 0 saturated heterocycles. The highest BCUT2D eigenvalue weighted by Crippen LogP contribution is 2.10. The fraction of sp³-hybridized carbons (Fsp3) is 0.267. The Morgan fingerprint density at radius 3 is 2.55 bits per heavy atom. The molecule has 0 bridgehead atoms. The maximum atomic E-state index is 13.0. The monoisotopic (exact) mass is 278 g/mol. The van der Waals surface area contributed by atoms with Crippen LogP contribution in [0.25, 0.3) is 0 Å². The zero-order valence-electron chi connectivity index (χ0n) is 11.4. The van der Waals surface area contributed by atoms with E-state index in [2.05, 4.69) is 10.3 Å². The second kappa shape index (κ2) is 5.86. The lowest BCUT2D eigenvalue weighted by Crippen LogP contribution is -2.25. The number of amides is 1. The summed E-state index contributed by atoms with van der Waals surface area (Å²) < 4.78 is 25.8. The molecule has 1 heterocycles. The minimum atomic E-state index is -1.02. The van der Waals surface area contributed by atoms with E-state index in [0.717, 1.165) is 29.1 Å². The normalized spacial score (nSPS) is 10.6. The zero-order chi connectivity index (χ0) is 14.7. The van der Waals surface area contributed by atoms with Gasteiger partial charge in [0.25, 0.3) is 5.91 Å². The van der Waals surface area contributed by atoms with Crippen molar-refractivity contribution in [2.45, 2.75) is 20.3 Å². The van der Waals surface area contributed by atoms with E-state index in [1.807, 2.05) is 19.9 Å². The Hall–Kier alpha value is -2.17. The predicted molar refractivity (Wildman–Crippen MR) is 72.7 cm³/mol. The summed E-state index contributed by atoms with van der Waals surface area (Å²) in [5.41, 5.74) is 3.40. The Morgan fingerprint density at radius 2 is 1.95 bits per heavy atom. The predicted octanol–water partition coefficient (Wildman–Crippen LogP) is 2.88. The van der Waals surface area contributed by atoms with Crippen LogP contribution in [0.3, 0.4) is 0 Å². The van der Waals surface area contributed by atoms with Crippen LogP contribution in [0.15, 0.2) is 24.3 Å². The first-order chi connectivity index (χ1) is 9.47. The maximum Gasteiger partial charge on any atom is 0.251 e. The molecule has 0 aliphatic carbocycles. The second-order valence-corrected chi connectivity index (χ2v) is 4.74. The van der Waals surface area contributed by atoms with Crippen LogP contribution in [0, 0.1) is 25.5 Å². The fourth-order valence-corrected chi connectivity index (χ4v) is 2.09. The average Bonchev–Trinajstić information content (AvgIpc) is 2.71. The number of hydrogen-bond acceptors (Lipinski definition) is 1. The molecule has 0 atom stereocenters. The highest BCUT2D eigenvalue weighted by molar-refractivity contribution is 5.94. The number of aromatic amines is 1. The van der Waals surface area contributed by atoms with Crippen molar-refractivity contribution in [2.24, 2.45) is 0 Å². The third kappa shape index (κ3) is 3.23. The number of aromatic nitrogens is 1. The van der Waals surface area contributed by atoms with E-state index >= 15 is 0 Å². The van der Waals surface area contributed by atoms with E-state index in [-0.39, 0.29) is 5.56 Å². The largest absolute Gasteiger partial charge is 0.362 e. The highest BCUT2D eigenvalue weighted by Gasteiger charge is 2.09. The number of H-pyrrole nitrogens is 1. The molecule has 2 rings (SSSR count). The summed E-state index contributed by atoms with van der Waals surface area (Å²) in [6, 6.07) is 5.14. The molecule has 20 heavy (non-hydrogen) atoms. The molecule has 2 aromatic rings. The van der Waals surface area contributed by atoms with Crippen LogP contribution in [0.4, 0.5) is 8.78 Å². The molecule has 5 heteroatoms. The first-order valence-corrected chi connectivity index (χ1v) is 6.35. The van der Waals surface area contributed by atoms with E-state index in [4.69, 9.17) is 0 Å². The van der Waals surface area contributed by atoms with Gasteiger partial charge in [-0.25, -0.2) is 8.78 Å². The second-order valence-electron chi connectivity index (χ2n) is 4.74. The van der Waals surface area contributed by atoms with Crippen LogP contribution < -0.4 is 5.32 Å². The highest BCUT2D eigenvalue weighted by atomic mass is 19.2. The molecule has 0 aliphatic heterocycles. The summed E-state index contributed by atoms with van der Waals surface area (Å²) in [7, 11) is 0. The molecule has 1 aromatic heterocycles. The van der Waals surface area contributed by atoms with Crippen molar-refractivity contribution in [2.75, 3.05) is 6.54 Å². The summed E-state index contributed by atoms with van der Waals surface area (Å²) in [6.07, 6.45) is 0.686. The van der Waals surface area contributed by atoms with Gasteiger partial charge in [-0.15, -0.1) is 0 Å². The first kappa shape index (κ1) is 14.2. The fourth-order valence-electron chi connectivity index (χ4n) is 2.09. The van der Waals surface area contributed by atoms with Crippen molar-refractivity contribution < 1.29 is 13.6 Å². The molecular formula is C15H16F2N2O. The maximum absolute atomic E-state index is 13.0. The van der Waals surface area contributed by atoms with E-state index < -0.39 is 17.5 Å². The van der Waals surface area contributed by atoms with Gasteiger partial charge in [0.2, 0.25) is 0 Å². The third-order valence-corrected chi connectivity index (χ3v) is 3.12. The number of aryl methyl sites for hydroxylation is 2. The van der Waals surface area contributed by atoms with Crippen molar-refractivity contribution in [3.63, 3.8) is 0 Å². The van der Waals surface area contributed by atoms with E-state index in [1.165, 1.54) is 6.07 Å². The molecule has 1 aromatic carbocycles. The van der Waals surface area contributed by atoms with Crippen molar-refractivity contribution in [3.8, 4) is 0 Å². The molecule has 2 N–H and O–H groups in total. The number of carbonyl (C=O) groups excluding carboxylic acids is 1. The summed E-state index contributed by atoms with van der Waals surface area (Å²) in [5, 5.41) is 2.69.